The van der Waals surface area contributed by atoms with Crippen molar-refractivity contribution >= 4 is 32.7 Å². The lowest BCUT2D eigenvalue weighted by Crippen LogP contribution is -2.00. The van der Waals surface area contributed by atoms with E-state index in [0.717, 1.165) is 60.9 Å². The van der Waals surface area contributed by atoms with E-state index in [4.69, 9.17) is 19.4 Å². The van der Waals surface area contributed by atoms with E-state index < -0.39 is 0 Å². The molecule has 0 atom stereocenters. The van der Waals surface area contributed by atoms with Gasteiger partial charge in [-0.1, -0.05) is 140 Å². The Morgan fingerprint density at radius 2 is 0.830 bits per heavy atom. The number of hydrogen-bond donors (Lipinski definition) is 0. The molecule has 10 rings (SSSR count). The predicted octanol–water partition coefficient (Wildman–Crippen LogP) is 13.0. The summed E-state index contributed by atoms with van der Waals surface area (Å²) < 4.78 is 5.07. The fraction of sp³-hybridized carbons (Fsp3) is 0. The van der Waals surface area contributed by atoms with Gasteiger partial charge in [-0.3, -0.25) is 0 Å². The average molecular weight is 679 g/mol. The molecule has 2 heterocycles. The van der Waals surface area contributed by atoms with Crippen molar-refractivity contribution in [3.05, 3.63) is 188 Å². The van der Waals surface area contributed by atoms with Gasteiger partial charge in [-0.15, -0.1) is 0 Å². The Morgan fingerprint density at radius 3 is 1.60 bits per heavy atom. The summed E-state index contributed by atoms with van der Waals surface area (Å²) in [6, 6.07) is 65.6. The van der Waals surface area contributed by atoms with Crippen molar-refractivity contribution < 1.29 is 4.42 Å². The highest BCUT2D eigenvalue weighted by Crippen LogP contribution is 2.39. The molecule has 8 aromatic carbocycles. The molecule has 0 aliphatic heterocycles. The second-order valence-corrected chi connectivity index (χ2v) is 13.3. The zero-order chi connectivity index (χ0) is 35.1. The molecule has 0 saturated carbocycles. The molecule has 248 valence electrons. The van der Waals surface area contributed by atoms with Crippen LogP contribution in [0.3, 0.4) is 0 Å². The maximum Gasteiger partial charge on any atom is 0.269 e. The molecule has 0 fully saturated rings. The highest BCUT2D eigenvalue weighted by molar-refractivity contribution is 6.12. The molecule has 0 saturated heterocycles. The van der Waals surface area contributed by atoms with Gasteiger partial charge in [-0.05, 0) is 80.6 Å². The summed E-state index contributed by atoms with van der Waals surface area (Å²) >= 11 is 0. The molecule has 0 amide bonds. The third-order valence-electron chi connectivity index (χ3n) is 9.96. The molecule has 0 aliphatic carbocycles. The lowest BCUT2D eigenvalue weighted by atomic mass is 9.96. The third-order valence-corrected chi connectivity index (χ3v) is 9.96. The van der Waals surface area contributed by atoms with Crippen LogP contribution in [0.25, 0.3) is 100 Å². The molecule has 10 aromatic rings. The highest BCUT2D eigenvalue weighted by atomic mass is 16.3. The molecule has 4 heteroatoms. The normalized spacial score (nSPS) is 11.4. The molecule has 2 aromatic heterocycles. The van der Waals surface area contributed by atoms with Gasteiger partial charge in [-0.2, -0.15) is 0 Å². The first-order chi connectivity index (χ1) is 26.2. The topological polar surface area (TPSA) is 51.5 Å². The Balaban J connectivity index is 1.12. The van der Waals surface area contributed by atoms with Crippen LogP contribution in [0.5, 0.6) is 0 Å². The number of benzene rings is 8. The van der Waals surface area contributed by atoms with Gasteiger partial charge in [0.15, 0.2) is 17.5 Å². The van der Waals surface area contributed by atoms with Crippen LogP contribution in [0, 0.1) is 0 Å². The average Bonchev–Trinajstić information content (AvgIpc) is 3.62. The summed E-state index contributed by atoms with van der Waals surface area (Å²) in [6.45, 7) is 0. The van der Waals surface area contributed by atoms with E-state index in [1.807, 2.05) is 42.5 Å². The van der Waals surface area contributed by atoms with Crippen LogP contribution in [0.15, 0.2) is 192 Å². The third kappa shape index (κ3) is 5.73. The first kappa shape index (κ1) is 30.6. The molecule has 0 aliphatic rings. The van der Waals surface area contributed by atoms with E-state index >= 15 is 0 Å². The number of nitrogens with zero attached hydrogens (tertiary/aromatic N) is 3. The number of hydrogen-bond acceptors (Lipinski definition) is 3. The summed E-state index contributed by atoms with van der Waals surface area (Å²) in [5, 5.41) is 4.58. The Kier molecular flexibility index (Phi) is 7.43. The van der Waals surface area contributed by atoms with E-state index in [1.54, 1.807) is 0 Å². The molecular formula is C49H32N3O+. The minimum Gasteiger partial charge on any atom is -0.545 e. The first-order valence-electron chi connectivity index (χ1n) is 17.8. The standard InChI is InChI=1S/C49H31N3O/c1-3-12-32(13-4-1)36-18-10-21-41(30-36)48-50-47(34-15-5-2-6-16-34)51-49(52-48)42-22-11-23-45-46(42)43-31-40(26-27-44(43)53-45)38-20-9-19-37(29-38)39-25-24-33-14-7-8-17-35(33)28-39/h1-31H/p+1. The van der Waals surface area contributed by atoms with Gasteiger partial charge in [0.05, 0.1) is 10.8 Å². The van der Waals surface area contributed by atoms with E-state index in [1.165, 1.54) is 21.9 Å². The molecule has 0 radical (unpaired) electrons. The van der Waals surface area contributed by atoms with Crippen LogP contribution in [0.1, 0.15) is 0 Å². The van der Waals surface area contributed by atoms with Crippen LogP contribution in [-0.4, -0.2) is 15.0 Å². The second-order valence-electron chi connectivity index (χ2n) is 13.3. The maximum absolute atomic E-state index is 5.17. The summed E-state index contributed by atoms with van der Waals surface area (Å²) in [5.41, 5.74) is 11.5. The minimum atomic E-state index is 0.613. The van der Waals surface area contributed by atoms with Crippen LogP contribution in [0.4, 0.5) is 0 Å². The Bertz CT molecular complexity index is 2950. The van der Waals surface area contributed by atoms with Crippen molar-refractivity contribution in [1.82, 2.24) is 15.0 Å². The summed E-state index contributed by atoms with van der Waals surface area (Å²) in [6.07, 6.45) is 0. The molecule has 0 bridgehead atoms. The SMILES string of the molecule is c1ccc(-c2cccc(-c3nc(-c4ccccc4)nc(-c4cccc5[oH+]c6ccc(-c7cccc(-c8ccc9ccccc9c8)c7)cc6c45)n3)c2)cc1. The lowest BCUT2D eigenvalue weighted by Gasteiger charge is -2.10. The number of furan rings is 1. The second kappa shape index (κ2) is 12.9. The maximum atomic E-state index is 5.17. The van der Waals surface area contributed by atoms with Gasteiger partial charge in [0.2, 0.25) is 0 Å². The molecular weight excluding hydrogens is 647 g/mol. The quantitative estimate of drug-likeness (QED) is 0.165. The molecule has 0 spiro atoms. The fourth-order valence-corrected chi connectivity index (χ4v) is 7.30. The van der Waals surface area contributed by atoms with Crippen molar-refractivity contribution in [2.45, 2.75) is 0 Å². The van der Waals surface area contributed by atoms with Gasteiger partial charge in [0.1, 0.15) is 0 Å². The summed E-state index contributed by atoms with van der Waals surface area (Å²) in [5.74, 6) is 1.86. The smallest absolute Gasteiger partial charge is 0.269 e. The molecule has 0 unspecified atom stereocenters. The zero-order valence-corrected chi connectivity index (χ0v) is 28.7. The lowest BCUT2D eigenvalue weighted by molar-refractivity contribution is 0.669. The van der Waals surface area contributed by atoms with Gasteiger partial charge < -0.3 is 4.42 Å². The van der Waals surface area contributed by atoms with Crippen molar-refractivity contribution in [2.24, 2.45) is 0 Å². The largest absolute Gasteiger partial charge is 0.545 e. The van der Waals surface area contributed by atoms with Crippen LogP contribution >= 0.6 is 0 Å². The van der Waals surface area contributed by atoms with Crippen molar-refractivity contribution in [3.8, 4) is 67.5 Å². The van der Waals surface area contributed by atoms with Gasteiger partial charge in [0.25, 0.3) is 11.2 Å². The number of rotatable bonds is 6. The summed E-state index contributed by atoms with van der Waals surface area (Å²) in [7, 11) is 0. The van der Waals surface area contributed by atoms with Crippen LogP contribution < -0.4 is 0 Å². The monoisotopic (exact) mass is 678 g/mol. The fourth-order valence-electron chi connectivity index (χ4n) is 7.30. The predicted molar refractivity (Wildman–Crippen MR) is 218 cm³/mol. The molecule has 4 nitrogen and oxygen atoms in total. The Morgan fingerprint density at radius 1 is 0.302 bits per heavy atom. The number of fused-ring (bicyclic) bond motifs is 4. The van der Waals surface area contributed by atoms with E-state index in [2.05, 4.69) is 146 Å². The first-order valence-corrected chi connectivity index (χ1v) is 17.8. The van der Waals surface area contributed by atoms with Gasteiger partial charge >= 0.3 is 0 Å². The van der Waals surface area contributed by atoms with E-state index in [9.17, 15) is 0 Å². The summed E-state index contributed by atoms with van der Waals surface area (Å²) in [4.78, 5) is 15.3. The number of aromatic nitrogens is 3. The van der Waals surface area contributed by atoms with E-state index in [-0.39, 0.29) is 0 Å². The van der Waals surface area contributed by atoms with E-state index in [0.29, 0.717) is 17.5 Å². The minimum absolute atomic E-state index is 0.613. The highest BCUT2D eigenvalue weighted by Gasteiger charge is 2.21. The van der Waals surface area contributed by atoms with Gasteiger partial charge in [-0.25, -0.2) is 15.0 Å². The van der Waals surface area contributed by atoms with Crippen molar-refractivity contribution in [3.63, 3.8) is 0 Å². The van der Waals surface area contributed by atoms with Gasteiger partial charge in [0, 0.05) is 28.8 Å². The molecule has 1 N–H and O–H groups in total. The molecule has 53 heavy (non-hydrogen) atoms. The Labute approximate surface area is 306 Å². The van der Waals surface area contributed by atoms with Crippen molar-refractivity contribution in [1.29, 1.82) is 0 Å². The van der Waals surface area contributed by atoms with Crippen LogP contribution in [0.2, 0.25) is 0 Å². The Hall–Kier alpha value is -7.17. The van der Waals surface area contributed by atoms with Crippen LogP contribution in [-0.2, 0) is 0 Å². The van der Waals surface area contributed by atoms with Crippen molar-refractivity contribution in [2.75, 3.05) is 0 Å². The zero-order valence-electron chi connectivity index (χ0n) is 28.7.